The molecule has 1 aromatic carbocycles. The summed E-state index contributed by atoms with van der Waals surface area (Å²) < 4.78 is 27.5. The molecule has 1 aliphatic rings. The number of hydrogen-bond acceptors (Lipinski definition) is 5. The van der Waals surface area contributed by atoms with Crippen molar-refractivity contribution in [2.45, 2.75) is 10.9 Å². The van der Waals surface area contributed by atoms with E-state index in [1.807, 2.05) is 0 Å². The quantitative estimate of drug-likeness (QED) is 0.673. The van der Waals surface area contributed by atoms with Crippen molar-refractivity contribution in [3.05, 3.63) is 24.3 Å². The molecule has 2 rings (SSSR count). The zero-order valence-electron chi connectivity index (χ0n) is 10.1. The predicted octanol–water partition coefficient (Wildman–Crippen LogP) is -0.754. The summed E-state index contributed by atoms with van der Waals surface area (Å²) in [4.78, 5) is 11.9. The van der Waals surface area contributed by atoms with Gasteiger partial charge < -0.3 is 15.8 Å². The molecule has 2 atom stereocenters. The molecule has 1 aromatic rings. The molecule has 0 saturated carbocycles. The standard InChI is InChI=1S/C11H15N3O4S/c12-10-6-18-5-9(10)11(15)14-7-2-1-3-8(4-7)19(13,16)17/h1-4,9-10H,5-6,12H2,(H,14,15)(H2,13,16,17). The van der Waals surface area contributed by atoms with Crippen molar-refractivity contribution in [3.63, 3.8) is 0 Å². The Morgan fingerprint density at radius 3 is 2.68 bits per heavy atom. The van der Waals surface area contributed by atoms with E-state index in [2.05, 4.69) is 5.32 Å². The highest BCUT2D eigenvalue weighted by atomic mass is 32.2. The molecular weight excluding hydrogens is 270 g/mol. The number of carbonyl (C=O) groups excluding carboxylic acids is 1. The first-order chi connectivity index (χ1) is 8.88. The van der Waals surface area contributed by atoms with Gasteiger partial charge in [0.05, 0.1) is 24.0 Å². The topological polar surface area (TPSA) is 125 Å². The number of hydrogen-bond donors (Lipinski definition) is 3. The number of carbonyl (C=O) groups is 1. The number of primary sulfonamides is 1. The Labute approximate surface area is 111 Å². The van der Waals surface area contributed by atoms with E-state index in [4.69, 9.17) is 15.6 Å². The van der Waals surface area contributed by atoms with Gasteiger partial charge in [-0.15, -0.1) is 0 Å². The van der Waals surface area contributed by atoms with Gasteiger partial charge in [0.1, 0.15) is 0 Å². The molecule has 19 heavy (non-hydrogen) atoms. The highest BCUT2D eigenvalue weighted by Gasteiger charge is 2.31. The van der Waals surface area contributed by atoms with Crippen LogP contribution in [0.3, 0.4) is 0 Å². The molecule has 2 unspecified atom stereocenters. The van der Waals surface area contributed by atoms with Gasteiger partial charge in [0, 0.05) is 11.7 Å². The zero-order chi connectivity index (χ0) is 14.0. The lowest BCUT2D eigenvalue weighted by Gasteiger charge is -2.13. The Hall–Kier alpha value is -1.48. The first-order valence-electron chi connectivity index (χ1n) is 5.65. The van der Waals surface area contributed by atoms with E-state index in [9.17, 15) is 13.2 Å². The van der Waals surface area contributed by atoms with Crippen LogP contribution in [0.4, 0.5) is 5.69 Å². The Kier molecular flexibility index (Phi) is 3.85. The summed E-state index contributed by atoms with van der Waals surface area (Å²) in [6, 6.07) is 5.39. The fraction of sp³-hybridized carbons (Fsp3) is 0.364. The van der Waals surface area contributed by atoms with Gasteiger partial charge in [0.2, 0.25) is 15.9 Å². The third-order valence-electron chi connectivity index (χ3n) is 2.89. The van der Waals surface area contributed by atoms with Gasteiger partial charge in [-0.25, -0.2) is 13.6 Å². The maximum Gasteiger partial charge on any atom is 0.238 e. The lowest BCUT2D eigenvalue weighted by molar-refractivity contribution is -0.120. The van der Waals surface area contributed by atoms with Crippen LogP contribution in [0.25, 0.3) is 0 Å². The van der Waals surface area contributed by atoms with Crippen LogP contribution >= 0.6 is 0 Å². The second kappa shape index (κ2) is 5.25. The molecule has 5 N–H and O–H groups in total. The Balaban J connectivity index is 2.13. The van der Waals surface area contributed by atoms with E-state index in [1.54, 1.807) is 6.07 Å². The minimum Gasteiger partial charge on any atom is -0.379 e. The van der Waals surface area contributed by atoms with Gasteiger partial charge in [-0.05, 0) is 18.2 Å². The largest absolute Gasteiger partial charge is 0.379 e. The van der Waals surface area contributed by atoms with Crippen molar-refractivity contribution in [2.75, 3.05) is 18.5 Å². The minimum atomic E-state index is -3.79. The number of sulfonamides is 1. The van der Waals surface area contributed by atoms with Crippen molar-refractivity contribution in [3.8, 4) is 0 Å². The molecule has 8 heteroatoms. The number of benzene rings is 1. The SMILES string of the molecule is NC1COCC1C(=O)Nc1cccc(S(N)(=O)=O)c1. The summed E-state index contributed by atoms with van der Waals surface area (Å²) in [6.07, 6.45) is 0. The van der Waals surface area contributed by atoms with Crippen LogP contribution in [-0.4, -0.2) is 33.6 Å². The molecule has 1 fully saturated rings. The molecule has 1 aliphatic heterocycles. The number of amides is 1. The molecule has 1 heterocycles. The summed E-state index contributed by atoms with van der Waals surface area (Å²) in [5.74, 6) is -0.727. The molecule has 104 valence electrons. The second-order valence-corrected chi connectivity index (χ2v) is 5.93. The molecule has 0 bridgehead atoms. The lowest BCUT2D eigenvalue weighted by Crippen LogP contribution is -2.37. The monoisotopic (exact) mass is 285 g/mol. The normalized spacial score (nSPS) is 23.3. The molecular formula is C11H15N3O4S. The second-order valence-electron chi connectivity index (χ2n) is 4.37. The van der Waals surface area contributed by atoms with Gasteiger partial charge in [-0.2, -0.15) is 0 Å². The highest BCUT2D eigenvalue weighted by Crippen LogP contribution is 2.17. The first-order valence-corrected chi connectivity index (χ1v) is 7.19. The summed E-state index contributed by atoms with van der Waals surface area (Å²) in [6.45, 7) is 0.608. The van der Waals surface area contributed by atoms with Gasteiger partial charge in [0.15, 0.2) is 0 Å². The number of nitrogens with one attached hydrogen (secondary N) is 1. The first kappa shape index (κ1) is 13.9. The predicted molar refractivity (Wildman–Crippen MR) is 68.7 cm³/mol. The van der Waals surface area contributed by atoms with E-state index in [0.29, 0.717) is 12.3 Å². The summed E-state index contributed by atoms with van der Waals surface area (Å²) in [5, 5.41) is 7.63. The molecule has 0 spiro atoms. The van der Waals surface area contributed by atoms with E-state index in [0.717, 1.165) is 0 Å². The van der Waals surface area contributed by atoms with E-state index < -0.39 is 15.9 Å². The number of anilines is 1. The van der Waals surface area contributed by atoms with Gasteiger partial charge in [-0.1, -0.05) is 6.07 Å². The van der Waals surface area contributed by atoms with E-state index in [-0.39, 0.29) is 23.5 Å². The molecule has 1 amide bonds. The average Bonchev–Trinajstić information content (AvgIpc) is 2.75. The molecule has 0 aromatic heterocycles. The fourth-order valence-electron chi connectivity index (χ4n) is 1.83. The van der Waals surface area contributed by atoms with E-state index in [1.165, 1.54) is 18.2 Å². The third-order valence-corrected chi connectivity index (χ3v) is 3.80. The van der Waals surface area contributed by atoms with Crippen molar-refractivity contribution in [1.82, 2.24) is 0 Å². The van der Waals surface area contributed by atoms with Gasteiger partial charge in [0.25, 0.3) is 0 Å². The minimum absolute atomic E-state index is 0.0581. The van der Waals surface area contributed by atoms with Crippen LogP contribution < -0.4 is 16.2 Å². The van der Waals surface area contributed by atoms with Crippen LogP contribution in [0.2, 0.25) is 0 Å². The Morgan fingerprint density at radius 1 is 1.37 bits per heavy atom. The molecule has 1 saturated heterocycles. The lowest BCUT2D eigenvalue weighted by atomic mass is 10.0. The van der Waals surface area contributed by atoms with Crippen LogP contribution in [0.15, 0.2) is 29.2 Å². The zero-order valence-corrected chi connectivity index (χ0v) is 10.9. The number of ether oxygens (including phenoxy) is 1. The van der Waals surface area contributed by atoms with Gasteiger partial charge in [-0.3, -0.25) is 4.79 Å². The van der Waals surface area contributed by atoms with Crippen molar-refractivity contribution >= 4 is 21.6 Å². The third kappa shape index (κ3) is 3.29. The number of nitrogens with two attached hydrogens (primary N) is 2. The van der Waals surface area contributed by atoms with Crippen molar-refractivity contribution in [1.29, 1.82) is 0 Å². The van der Waals surface area contributed by atoms with Crippen molar-refractivity contribution < 1.29 is 17.9 Å². The fourth-order valence-corrected chi connectivity index (χ4v) is 2.39. The molecule has 0 aliphatic carbocycles. The van der Waals surface area contributed by atoms with Crippen LogP contribution in [0.5, 0.6) is 0 Å². The molecule has 7 nitrogen and oxygen atoms in total. The maximum atomic E-state index is 11.9. The smallest absolute Gasteiger partial charge is 0.238 e. The van der Waals surface area contributed by atoms with Crippen LogP contribution in [0, 0.1) is 5.92 Å². The van der Waals surface area contributed by atoms with Crippen molar-refractivity contribution in [2.24, 2.45) is 16.8 Å². The summed E-state index contributed by atoms with van der Waals surface area (Å²) in [7, 11) is -3.79. The number of rotatable bonds is 3. The van der Waals surface area contributed by atoms with Crippen LogP contribution in [-0.2, 0) is 19.6 Å². The maximum absolute atomic E-state index is 11.9. The molecule has 0 radical (unpaired) electrons. The van der Waals surface area contributed by atoms with Crippen LogP contribution in [0.1, 0.15) is 0 Å². The van der Waals surface area contributed by atoms with Gasteiger partial charge >= 0.3 is 0 Å². The highest BCUT2D eigenvalue weighted by molar-refractivity contribution is 7.89. The average molecular weight is 285 g/mol. The Bertz CT molecular complexity index is 587. The van der Waals surface area contributed by atoms with E-state index >= 15 is 0 Å². The Morgan fingerprint density at radius 2 is 2.11 bits per heavy atom. The summed E-state index contributed by atoms with van der Waals surface area (Å²) >= 11 is 0. The summed E-state index contributed by atoms with van der Waals surface area (Å²) in [5.41, 5.74) is 6.09.